The fraction of sp³-hybridized carbons (Fsp3) is 0.0500. The number of aromatic nitrogens is 3. The van der Waals surface area contributed by atoms with Crippen molar-refractivity contribution in [2.45, 2.75) is 0 Å². The maximum atomic E-state index is 12.5. The van der Waals surface area contributed by atoms with E-state index in [-0.39, 0.29) is 5.56 Å². The lowest BCUT2D eigenvalue weighted by atomic mass is 10.0. The first-order valence-electron chi connectivity index (χ1n) is 8.29. The highest BCUT2D eigenvalue weighted by Gasteiger charge is 2.13. The van der Waals surface area contributed by atoms with Crippen LogP contribution in [0.1, 0.15) is 0 Å². The highest BCUT2D eigenvalue weighted by atomic mass is 16.5. The van der Waals surface area contributed by atoms with Crippen LogP contribution in [-0.2, 0) is 0 Å². The number of rotatable bonds is 4. The number of H-pyrrole nitrogens is 1. The van der Waals surface area contributed by atoms with E-state index in [1.807, 2.05) is 36.4 Å². The molecule has 0 aliphatic carbocycles. The van der Waals surface area contributed by atoms with Crippen LogP contribution >= 0.6 is 0 Å². The third-order valence-electron chi connectivity index (χ3n) is 4.26. The molecule has 7 nitrogen and oxygen atoms in total. The number of hydrogen-bond donors (Lipinski definition) is 3. The van der Waals surface area contributed by atoms with E-state index >= 15 is 0 Å². The minimum Gasteiger partial charge on any atom is -0.497 e. The van der Waals surface area contributed by atoms with E-state index < -0.39 is 0 Å². The van der Waals surface area contributed by atoms with Crippen LogP contribution in [0.4, 0.5) is 17.3 Å². The van der Waals surface area contributed by atoms with Gasteiger partial charge in [-0.3, -0.25) is 4.79 Å². The monoisotopic (exact) mass is 359 g/mol. The molecule has 0 aliphatic rings. The Labute approximate surface area is 154 Å². The van der Waals surface area contributed by atoms with E-state index in [0.29, 0.717) is 17.0 Å². The number of anilines is 3. The lowest BCUT2D eigenvalue weighted by Gasteiger charge is -2.12. The Morgan fingerprint density at radius 2 is 1.85 bits per heavy atom. The first kappa shape index (κ1) is 16.6. The Kier molecular flexibility index (Phi) is 4.18. The molecule has 0 saturated carbocycles. The fourth-order valence-corrected chi connectivity index (χ4v) is 2.90. The number of nitrogen functional groups attached to an aromatic ring is 1. The summed E-state index contributed by atoms with van der Waals surface area (Å²) in [5.74, 6) is 1.67. The van der Waals surface area contributed by atoms with Crippen molar-refractivity contribution in [2.24, 2.45) is 0 Å². The molecule has 4 rings (SSSR count). The number of aromatic amines is 1. The van der Waals surface area contributed by atoms with Crippen molar-refractivity contribution in [3.63, 3.8) is 0 Å². The summed E-state index contributed by atoms with van der Waals surface area (Å²) in [4.78, 5) is 23.9. The van der Waals surface area contributed by atoms with E-state index in [4.69, 9.17) is 10.5 Å². The lowest BCUT2D eigenvalue weighted by molar-refractivity contribution is 0.415. The summed E-state index contributed by atoms with van der Waals surface area (Å²) in [5.41, 5.74) is 7.90. The average Bonchev–Trinajstić information content (AvgIpc) is 2.70. The minimum atomic E-state index is -0.221. The van der Waals surface area contributed by atoms with Crippen molar-refractivity contribution < 1.29 is 4.74 Å². The third kappa shape index (κ3) is 3.18. The average molecular weight is 359 g/mol. The van der Waals surface area contributed by atoms with Crippen LogP contribution in [0.3, 0.4) is 0 Å². The molecule has 4 N–H and O–H groups in total. The van der Waals surface area contributed by atoms with Gasteiger partial charge in [0.15, 0.2) is 0 Å². The van der Waals surface area contributed by atoms with Crippen LogP contribution in [0.25, 0.3) is 21.9 Å². The second-order valence-electron chi connectivity index (χ2n) is 5.94. The zero-order chi connectivity index (χ0) is 18.8. The predicted molar refractivity (Wildman–Crippen MR) is 106 cm³/mol. The van der Waals surface area contributed by atoms with Crippen molar-refractivity contribution in [1.29, 1.82) is 0 Å². The molecule has 0 amide bonds. The number of fused-ring (bicyclic) bond motifs is 1. The Morgan fingerprint density at radius 1 is 1.04 bits per heavy atom. The van der Waals surface area contributed by atoms with Crippen LogP contribution < -0.4 is 21.3 Å². The van der Waals surface area contributed by atoms with Gasteiger partial charge in [-0.05, 0) is 42.5 Å². The number of hydrogen-bond acceptors (Lipinski definition) is 6. The van der Waals surface area contributed by atoms with Gasteiger partial charge >= 0.3 is 0 Å². The molecule has 0 unspecified atom stereocenters. The van der Waals surface area contributed by atoms with Gasteiger partial charge < -0.3 is 20.8 Å². The van der Waals surface area contributed by atoms with Gasteiger partial charge in [-0.2, -0.15) is 0 Å². The van der Waals surface area contributed by atoms with Crippen molar-refractivity contribution in [3.05, 3.63) is 71.4 Å². The van der Waals surface area contributed by atoms with Gasteiger partial charge in [0.1, 0.15) is 17.4 Å². The minimum absolute atomic E-state index is 0.221. The smallest absolute Gasteiger partial charge is 0.259 e. The molecule has 134 valence electrons. The van der Waals surface area contributed by atoms with Gasteiger partial charge in [-0.25, -0.2) is 9.97 Å². The number of pyridine rings is 3. The van der Waals surface area contributed by atoms with E-state index in [2.05, 4.69) is 20.3 Å². The van der Waals surface area contributed by atoms with Crippen LogP contribution in [0.15, 0.2) is 65.8 Å². The van der Waals surface area contributed by atoms with Crippen LogP contribution in [0, 0.1) is 0 Å². The number of nitrogens with one attached hydrogen (secondary N) is 2. The first-order chi connectivity index (χ1) is 13.2. The lowest BCUT2D eigenvalue weighted by Crippen LogP contribution is -2.09. The number of methoxy groups -OCH3 is 1. The molecule has 0 spiro atoms. The number of benzene rings is 1. The summed E-state index contributed by atoms with van der Waals surface area (Å²) < 4.78 is 5.17. The summed E-state index contributed by atoms with van der Waals surface area (Å²) in [6.07, 6.45) is 5.01. The largest absolute Gasteiger partial charge is 0.497 e. The molecule has 3 heterocycles. The van der Waals surface area contributed by atoms with Crippen molar-refractivity contribution >= 4 is 28.1 Å². The molecule has 1 aromatic carbocycles. The Morgan fingerprint density at radius 3 is 2.56 bits per heavy atom. The van der Waals surface area contributed by atoms with Gasteiger partial charge in [-0.15, -0.1) is 0 Å². The molecule has 0 fully saturated rings. The van der Waals surface area contributed by atoms with Crippen LogP contribution in [0.2, 0.25) is 0 Å². The Balaban J connectivity index is 1.84. The van der Waals surface area contributed by atoms with Gasteiger partial charge in [0.05, 0.1) is 12.5 Å². The van der Waals surface area contributed by atoms with Crippen LogP contribution in [0.5, 0.6) is 5.75 Å². The third-order valence-corrected chi connectivity index (χ3v) is 4.26. The highest BCUT2D eigenvalue weighted by Crippen LogP contribution is 2.31. The van der Waals surface area contributed by atoms with Crippen molar-refractivity contribution in [1.82, 2.24) is 15.0 Å². The zero-order valence-corrected chi connectivity index (χ0v) is 14.6. The topological polar surface area (TPSA) is 106 Å². The normalized spacial score (nSPS) is 10.7. The van der Waals surface area contributed by atoms with Gasteiger partial charge in [0, 0.05) is 40.8 Å². The SMILES string of the molecule is COc1ccc(Nc2ncc(-c3ccc(N)nc3)c3cc[nH]c(=O)c23)cc1. The summed E-state index contributed by atoms with van der Waals surface area (Å²) >= 11 is 0. The maximum Gasteiger partial charge on any atom is 0.259 e. The molecular weight excluding hydrogens is 342 g/mol. The van der Waals surface area contributed by atoms with Crippen molar-refractivity contribution in [2.75, 3.05) is 18.2 Å². The van der Waals surface area contributed by atoms with Gasteiger partial charge in [0.25, 0.3) is 5.56 Å². The molecular formula is C20H17N5O2. The molecule has 0 saturated heterocycles. The van der Waals surface area contributed by atoms with E-state index in [1.54, 1.807) is 31.8 Å². The molecule has 0 bridgehead atoms. The molecule has 7 heteroatoms. The first-order valence-corrected chi connectivity index (χ1v) is 8.29. The standard InChI is InChI=1S/C20H17N5O2/c1-27-14-5-3-13(4-6-14)25-19-18-15(8-9-22-20(18)26)16(11-24-19)12-2-7-17(21)23-10-12/h2-11H,1H3,(H2,21,23)(H,22,26)(H,24,25). The summed E-state index contributed by atoms with van der Waals surface area (Å²) in [6, 6.07) is 12.8. The van der Waals surface area contributed by atoms with Gasteiger partial charge in [-0.1, -0.05) is 0 Å². The predicted octanol–water partition coefficient (Wildman–Crippen LogP) is 3.32. The van der Waals surface area contributed by atoms with Crippen LogP contribution in [-0.4, -0.2) is 22.1 Å². The van der Waals surface area contributed by atoms with E-state index in [0.717, 1.165) is 28.0 Å². The number of nitrogens with zero attached hydrogens (tertiary/aromatic N) is 2. The quantitative estimate of drug-likeness (QED) is 0.516. The second kappa shape index (κ2) is 6.80. The molecule has 0 atom stereocenters. The zero-order valence-electron chi connectivity index (χ0n) is 14.6. The van der Waals surface area contributed by atoms with E-state index in [1.165, 1.54) is 0 Å². The van der Waals surface area contributed by atoms with Gasteiger partial charge in [0.2, 0.25) is 0 Å². The van der Waals surface area contributed by atoms with Crippen molar-refractivity contribution in [3.8, 4) is 16.9 Å². The second-order valence-corrected chi connectivity index (χ2v) is 5.94. The summed E-state index contributed by atoms with van der Waals surface area (Å²) in [5, 5.41) is 4.45. The molecule has 3 aromatic heterocycles. The maximum absolute atomic E-state index is 12.5. The summed E-state index contributed by atoms with van der Waals surface area (Å²) in [7, 11) is 1.61. The Hall–Kier alpha value is -3.87. The summed E-state index contributed by atoms with van der Waals surface area (Å²) in [6.45, 7) is 0. The van der Waals surface area contributed by atoms with E-state index in [9.17, 15) is 4.79 Å². The molecule has 27 heavy (non-hydrogen) atoms. The number of ether oxygens (including phenoxy) is 1. The fourth-order valence-electron chi connectivity index (χ4n) is 2.90. The molecule has 4 aromatic rings. The highest BCUT2D eigenvalue weighted by molar-refractivity contribution is 6.01. The Bertz CT molecular complexity index is 1150. The molecule has 0 radical (unpaired) electrons. The molecule has 0 aliphatic heterocycles. The number of nitrogens with two attached hydrogens (primary N) is 1.